The Morgan fingerprint density at radius 1 is 1.14 bits per heavy atom. The molecule has 1 N–H and O–H groups in total. The fraction of sp³-hybridized carbons (Fsp3) is 0.435. The van der Waals surface area contributed by atoms with Gasteiger partial charge in [0.2, 0.25) is 0 Å². The van der Waals surface area contributed by atoms with Crippen molar-refractivity contribution in [1.29, 1.82) is 0 Å². The molecule has 2 aliphatic heterocycles. The number of fused-ring (bicyclic) bond motifs is 2. The van der Waals surface area contributed by atoms with E-state index >= 15 is 0 Å². The second-order valence-electron chi connectivity index (χ2n) is 8.09. The van der Waals surface area contributed by atoms with Crippen molar-refractivity contribution in [2.75, 3.05) is 13.7 Å². The van der Waals surface area contributed by atoms with Crippen molar-refractivity contribution in [3.63, 3.8) is 0 Å². The van der Waals surface area contributed by atoms with Crippen LogP contribution >= 0.6 is 0 Å². The van der Waals surface area contributed by atoms with Gasteiger partial charge in [0.15, 0.2) is 11.6 Å². The van der Waals surface area contributed by atoms with Crippen molar-refractivity contribution in [2.24, 2.45) is 0 Å². The lowest BCUT2D eigenvalue weighted by molar-refractivity contribution is -0.136. The van der Waals surface area contributed by atoms with Crippen LogP contribution in [-0.2, 0) is 30.7 Å². The predicted octanol–water partition coefficient (Wildman–Crippen LogP) is 4.32. The lowest BCUT2D eigenvalue weighted by Gasteiger charge is -2.25. The maximum atomic E-state index is 14.9. The van der Waals surface area contributed by atoms with Crippen LogP contribution in [0.25, 0.3) is 11.1 Å². The van der Waals surface area contributed by atoms with Crippen molar-refractivity contribution in [3.8, 4) is 16.9 Å². The van der Waals surface area contributed by atoms with E-state index in [1.54, 1.807) is 0 Å². The summed E-state index contributed by atoms with van der Waals surface area (Å²) in [5.74, 6) is -0.858. The van der Waals surface area contributed by atoms with E-state index in [1.165, 1.54) is 17.2 Å². The van der Waals surface area contributed by atoms with E-state index in [2.05, 4.69) is 11.9 Å². The Hall–Kier alpha value is -2.40. The SMILES string of the molecule is Cc1c(-c2c(C)c3c(c(C)c2CC(=O)O)CN(C)C3)cc(F)c2c1CCCO2. The predicted molar refractivity (Wildman–Crippen MR) is 106 cm³/mol. The molecule has 0 atom stereocenters. The van der Waals surface area contributed by atoms with Gasteiger partial charge in [-0.25, -0.2) is 4.39 Å². The summed E-state index contributed by atoms with van der Waals surface area (Å²) in [6.45, 7) is 8.24. The Labute approximate surface area is 164 Å². The van der Waals surface area contributed by atoms with Crippen LogP contribution in [0.5, 0.6) is 5.75 Å². The summed E-state index contributed by atoms with van der Waals surface area (Å²) in [5.41, 5.74) is 8.97. The topological polar surface area (TPSA) is 49.8 Å². The molecule has 2 heterocycles. The van der Waals surface area contributed by atoms with E-state index in [1.807, 2.05) is 20.8 Å². The first-order chi connectivity index (χ1) is 13.3. The summed E-state index contributed by atoms with van der Waals surface area (Å²) in [5, 5.41) is 9.57. The number of carboxylic acid groups (broad SMARTS) is 1. The number of carbonyl (C=O) groups is 1. The standard InChI is InChI=1S/C23H26FNO3/c1-12-15-6-5-7-28-23(15)20(24)8-16(12)22-14(3)19-11-25(4)10-18(19)13(2)17(22)9-21(26)27/h8H,5-7,9-11H2,1-4H3,(H,26,27). The molecule has 0 amide bonds. The van der Waals surface area contributed by atoms with Crippen molar-refractivity contribution in [3.05, 3.63) is 50.8 Å². The molecule has 0 saturated heterocycles. The molecule has 0 saturated carbocycles. The number of nitrogens with zero attached hydrogens (tertiary/aromatic N) is 1. The van der Waals surface area contributed by atoms with Gasteiger partial charge in [0.25, 0.3) is 0 Å². The summed E-state index contributed by atoms with van der Waals surface area (Å²) < 4.78 is 20.5. The fourth-order valence-electron chi connectivity index (χ4n) is 4.88. The molecule has 2 aromatic rings. The van der Waals surface area contributed by atoms with Crippen molar-refractivity contribution >= 4 is 5.97 Å². The minimum Gasteiger partial charge on any atom is -0.490 e. The first-order valence-electron chi connectivity index (χ1n) is 9.78. The third-order valence-electron chi connectivity index (χ3n) is 6.29. The van der Waals surface area contributed by atoms with E-state index in [9.17, 15) is 14.3 Å². The van der Waals surface area contributed by atoms with Gasteiger partial charge in [-0.05, 0) is 91.2 Å². The number of carboxylic acids is 1. The summed E-state index contributed by atoms with van der Waals surface area (Å²) in [4.78, 5) is 13.9. The monoisotopic (exact) mass is 383 g/mol. The number of hydrogen-bond acceptors (Lipinski definition) is 3. The van der Waals surface area contributed by atoms with Crippen LogP contribution in [0.2, 0.25) is 0 Å². The van der Waals surface area contributed by atoms with Gasteiger partial charge in [-0.1, -0.05) is 0 Å². The van der Waals surface area contributed by atoms with Crippen molar-refractivity contribution in [1.82, 2.24) is 4.90 Å². The smallest absolute Gasteiger partial charge is 0.307 e. The second kappa shape index (κ2) is 6.89. The summed E-state index contributed by atoms with van der Waals surface area (Å²) >= 11 is 0. The quantitative estimate of drug-likeness (QED) is 0.858. The maximum Gasteiger partial charge on any atom is 0.307 e. The van der Waals surface area contributed by atoms with E-state index in [4.69, 9.17) is 4.74 Å². The molecule has 0 aromatic heterocycles. The zero-order valence-electron chi connectivity index (χ0n) is 16.9. The highest BCUT2D eigenvalue weighted by Gasteiger charge is 2.29. The Bertz CT molecular complexity index is 997. The highest BCUT2D eigenvalue weighted by molar-refractivity contribution is 5.83. The molecular formula is C23H26FNO3. The van der Waals surface area contributed by atoms with Crippen LogP contribution in [0.1, 0.15) is 45.4 Å². The second-order valence-corrected chi connectivity index (χ2v) is 8.09. The first-order valence-corrected chi connectivity index (χ1v) is 9.78. The van der Waals surface area contributed by atoms with Gasteiger partial charge >= 0.3 is 5.97 Å². The first kappa shape index (κ1) is 18.9. The Morgan fingerprint density at radius 3 is 2.50 bits per heavy atom. The molecule has 5 heteroatoms. The zero-order valence-corrected chi connectivity index (χ0v) is 16.9. The fourth-order valence-corrected chi connectivity index (χ4v) is 4.88. The number of aliphatic carboxylic acids is 1. The molecule has 4 nitrogen and oxygen atoms in total. The van der Waals surface area contributed by atoms with E-state index < -0.39 is 5.97 Å². The van der Waals surface area contributed by atoms with Gasteiger partial charge in [0.05, 0.1) is 13.0 Å². The Morgan fingerprint density at radius 2 is 1.82 bits per heavy atom. The summed E-state index contributed by atoms with van der Waals surface area (Å²) in [6.07, 6.45) is 1.59. The van der Waals surface area contributed by atoms with E-state index in [-0.39, 0.29) is 12.2 Å². The summed E-state index contributed by atoms with van der Waals surface area (Å²) in [7, 11) is 2.07. The number of hydrogen-bond donors (Lipinski definition) is 1. The van der Waals surface area contributed by atoms with Crippen LogP contribution < -0.4 is 4.74 Å². The minimum atomic E-state index is -0.866. The van der Waals surface area contributed by atoms with Crippen LogP contribution in [0.3, 0.4) is 0 Å². The van der Waals surface area contributed by atoms with Crippen LogP contribution in [-0.4, -0.2) is 29.6 Å². The molecular weight excluding hydrogens is 357 g/mol. The average Bonchev–Trinajstić information content (AvgIpc) is 3.05. The molecule has 0 unspecified atom stereocenters. The Kier molecular flexibility index (Phi) is 4.66. The highest BCUT2D eigenvalue weighted by Crippen LogP contribution is 2.43. The van der Waals surface area contributed by atoms with Crippen LogP contribution in [0.4, 0.5) is 4.39 Å². The molecule has 0 spiro atoms. The number of ether oxygens (including phenoxy) is 1. The van der Waals surface area contributed by atoms with Gasteiger partial charge in [-0.2, -0.15) is 0 Å². The Balaban J connectivity index is 2.03. The van der Waals surface area contributed by atoms with Gasteiger partial charge in [-0.15, -0.1) is 0 Å². The largest absolute Gasteiger partial charge is 0.490 e. The van der Waals surface area contributed by atoms with Gasteiger partial charge in [-0.3, -0.25) is 9.69 Å². The number of rotatable bonds is 3. The molecule has 4 rings (SSSR count). The lowest BCUT2D eigenvalue weighted by atomic mass is 9.81. The third-order valence-corrected chi connectivity index (χ3v) is 6.29. The minimum absolute atomic E-state index is 0.0619. The van der Waals surface area contributed by atoms with E-state index in [0.29, 0.717) is 12.4 Å². The molecule has 0 radical (unpaired) electrons. The van der Waals surface area contributed by atoms with Gasteiger partial charge < -0.3 is 9.84 Å². The highest BCUT2D eigenvalue weighted by atomic mass is 19.1. The zero-order chi connectivity index (χ0) is 20.2. The van der Waals surface area contributed by atoms with Crippen molar-refractivity contribution < 1.29 is 19.0 Å². The van der Waals surface area contributed by atoms with Crippen LogP contribution in [0.15, 0.2) is 6.07 Å². The summed E-state index contributed by atoms with van der Waals surface area (Å²) in [6, 6.07) is 1.54. The van der Waals surface area contributed by atoms with Crippen molar-refractivity contribution in [2.45, 2.75) is 53.1 Å². The number of benzene rings is 2. The molecule has 28 heavy (non-hydrogen) atoms. The molecule has 2 aliphatic rings. The molecule has 0 bridgehead atoms. The van der Waals surface area contributed by atoms with Gasteiger partial charge in [0, 0.05) is 18.7 Å². The normalized spacial score (nSPS) is 15.9. The lowest BCUT2D eigenvalue weighted by Crippen LogP contribution is -2.14. The number of halogens is 1. The van der Waals surface area contributed by atoms with Gasteiger partial charge in [0.1, 0.15) is 0 Å². The third kappa shape index (κ3) is 2.89. The van der Waals surface area contributed by atoms with Crippen LogP contribution in [0, 0.1) is 26.6 Å². The maximum absolute atomic E-state index is 14.9. The molecule has 2 aromatic carbocycles. The van der Waals surface area contributed by atoms with E-state index in [0.717, 1.165) is 64.9 Å². The molecule has 148 valence electrons. The average molecular weight is 383 g/mol. The molecule has 0 aliphatic carbocycles. The molecule has 0 fully saturated rings.